The number of carbonyl (C=O) groups excluding carboxylic acids is 2. The average molecular weight is 394 g/mol. The Morgan fingerprint density at radius 2 is 1.93 bits per heavy atom. The predicted molar refractivity (Wildman–Crippen MR) is 116 cm³/mol. The van der Waals surface area contributed by atoms with Crippen molar-refractivity contribution in [3.05, 3.63) is 35.5 Å². The van der Waals surface area contributed by atoms with Crippen molar-refractivity contribution in [1.29, 1.82) is 5.26 Å². The minimum Gasteiger partial charge on any atom is -0.299 e. The van der Waals surface area contributed by atoms with Gasteiger partial charge in [-0.3, -0.25) is 9.59 Å². The molecule has 0 aromatic heterocycles. The van der Waals surface area contributed by atoms with Gasteiger partial charge in [0, 0.05) is 17.3 Å². The second-order valence-electron chi connectivity index (χ2n) is 9.99. The lowest BCUT2D eigenvalue weighted by Gasteiger charge is -2.48. The van der Waals surface area contributed by atoms with E-state index in [0.717, 1.165) is 25.7 Å². The highest BCUT2D eigenvalue weighted by atomic mass is 16.1. The molecule has 0 aromatic rings. The zero-order valence-corrected chi connectivity index (χ0v) is 18.7. The van der Waals surface area contributed by atoms with Crippen LogP contribution in [0.4, 0.5) is 0 Å². The fraction of sp³-hybridized carbons (Fsp3) is 0.654. The van der Waals surface area contributed by atoms with Crippen LogP contribution >= 0.6 is 0 Å². The van der Waals surface area contributed by atoms with Gasteiger partial charge in [-0.05, 0) is 55.9 Å². The Bertz CT molecular complexity index is 831. The monoisotopic (exact) mass is 393 g/mol. The Morgan fingerprint density at radius 3 is 2.45 bits per heavy atom. The van der Waals surface area contributed by atoms with E-state index in [2.05, 4.69) is 58.9 Å². The minimum absolute atomic E-state index is 0.0130. The molecule has 0 bridgehead atoms. The summed E-state index contributed by atoms with van der Waals surface area (Å²) in [5.74, 6) is 1.05. The number of ketones is 2. The average Bonchev–Trinajstić information content (AvgIpc) is 3.28. The van der Waals surface area contributed by atoms with Crippen LogP contribution in [0.3, 0.4) is 0 Å². The van der Waals surface area contributed by atoms with E-state index in [-0.39, 0.29) is 22.5 Å². The molecule has 0 saturated heterocycles. The van der Waals surface area contributed by atoms with Gasteiger partial charge in [0.15, 0.2) is 5.78 Å². The van der Waals surface area contributed by atoms with Crippen LogP contribution in [0.1, 0.15) is 79.6 Å². The van der Waals surface area contributed by atoms with Crippen molar-refractivity contribution in [2.75, 3.05) is 0 Å². The maximum absolute atomic E-state index is 13.3. The second kappa shape index (κ2) is 7.71. The summed E-state index contributed by atoms with van der Waals surface area (Å²) in [5.41, 5.74) is 0.331. The van der Waals surface area contributed by atoms with Gasteiger partial charge < -0.3 is 0 Å². The number of nitrogens with zero attached hydrogens (tertiary/aromatic N) is 1. The molecule has 0 aliphatic heterocycles. The van der Waals surface area contributed by atoms with Gasteiger partial charge in [-0.1, -0.05) is 58.9 Å². The van der Waals surface area contributed by atoms with Gasteiger partial charge in [0.2, 0.25) is 0 Å². The molecule has 1 saturated carbocycles. The molecule has 0 unspecified atom stereocenters. The third kappa shape index (κ3) is 3.25. The van der Waals surface area contributed by atoms with E-state index in [0.29, 0.717) is 36.5 Å². The number of Topliss-reactive ketones (excluding diaryl/α,β-unsaturated/α-hetero) is 2. The number of carbonyl (C=O) groups is 2. The van der Waals surface area contributed by atoms with E-state index in [1.807, 2.05) is 6.08 Å². The summed E-state index contributed by atoms with van der Waals surface area (Å²) in [7, 11) is 0. The van der Waals surface area contributed by atoms with Gasteiger partial charge in [-0.2, -0.15) is 5.26 Å². The minimum atomic E-state index is -0.584. The van der Waals surface area contributed by atoms with Gasteiger partial charge in [0.05, 0.1) is 11.0 Å². The lowest BCUT2D eigenvalue weighted by Crippen LogP contribution is -2.45. The highest BCUT2D eigenvalue weighted by molar-refractivity contribution is 6.07. The summed E-state index contributed by atoms with van der Waals surface area (Å²) in [5, 5.41) is 9.72. The third-order valence-electron chi connectivity index (χ3n) is 8.50. The van der Waals surface area contributed by atoms with Gasteiger partial charge in [-0.15, -0.1) is 0 Å². The van der Waals surface area contributed by atoms with E-state index < -0.39 is 5.41 Å². The molecule has 3 nitrogen and oxygen atoms in total. The first kappa shape index (κ1) is 21.8. The van der Waals surface area contributed by atoms with Crippen LogP contribution in [0.25, 0.3) is 0 Å². The van der Waals surface area contributed by atoms with Crippen molar-refractivity contribution in [3.8, 4) is 6.07 Å². The lowest BCUT2D eigenvalue weighted by atomic mass is 9.54. The first-order chi connectivity index (χ1) is 13.7. The second-order valence-corrected chi connectivity index (χ2v) is 9.99. The van der Waals surface area contributed by atoms with Crippen molar-refractivity contribution < 1.29 is 9.59 Å². The number of hydrogen-bond donors (Lipinski definition) is 0. The van der Waals surface area contributed by atoms with Crippen molar-refractivity contribution in [2.45, 2.75) is 79.6 Å². The quantitative estimate of drug-likeness (QED) is 0.529. The predicted octanol–water partition coefficient (Wildman–Crippen LogP) is 6.12. The fourth-order valence-corrected chi connectivity index (χ4v) is 5.94. The molecule has 3 rings (SSSR count). The van der Waals surface area contributed by atoms with Crippen LogP contribution in [0.2, 0.25) is 0 Å². The molecule has 3 aliphatic rings. The largest absolute Gasteiger partial charge is 0.299 e. The topological polar surface area (TPSA) is 57.9 Å². The third-order valence-corrected chi connectivity index (χ3v) is 8.50. The summed E-state index contributed by atoms with van der Waals surface area (Å²) in [6, 6.07) is 2.20. The normalized spacial score (nSPS) is 35.9. The van der Waals surface area contributed by atoms with E-state index in [9.17, 15) is 14.9 Å². The highest BCUT2D eigenvalue weighted by Crippen LogP contribution is 2.58. The summed E-state index contributed by atoms with van der Waals surface area (Å²) in [4.78, 5) is 25.8. The molecule has 0 amide bonds. The molecule has 156 valence electrons. The Hall–Kier alpha value is -1.95. The summed E-state index contributed by atoms with van der Waals surface area (Å²) in [6.45, 7) is 10.9. The smallest absolute Gasteiger partial charge is 0.183 e. The Kier molecular flexibility index (Phi) is 5.78. The molecule has 0 N–H and O–H groups in total. The highest BCUT2D eigenvalue weighted by Gasteiger charge is 2.54. The maximum atomic E-state index is 13.3. The molecule has 0 radical (unpaired) electrons. The van der Waals surface area contributed by atoms with Crippen molar-refractivity contribution in [1.82, 2.24) is 0 Å². The van der Waals surface area contributed by atoms with Gasteiger partial charge in [0.25, 0.3) is 0 Å². The molecular formula is C26H35NO2. The van der Waals surface area contributed by atoms with Crippen LogP contribution in [0.5, 0.6) is 0 Å². The first-order valence-electron chi connectivity index (χ1n) is 11.2. The summed E-state index contributed by atoms with van der Waals surface area (Å²) >= 11 is 0. The van der Waals surface area contributed by atoms with Crippen LogP contribution in [0, 0.1) is 39.4 Å². The van der Waals surface area contributed by atoms with E-state index >= 15 is 0 Å². The molecule has 0 aromatic carbocycles. The van der Waals surface area contributed by atoms with Crippen LogP contribution in [-0.2, 0) is 9.59 Å². The SMILES string of the molecule is CC/C=C1/C2(CC=CC2)C(=O)C(C#N)=C[C@]1(C)[C@H](C)CC[C@]1(C)C(=O)CC[C@H]1C. The van der Waals surface area contributed by atoms with Crippen LogP contribution < -0.4 is 0 Å². The standard InChI is InChI=1S/C26H35NO2/c1-6-9-21-25(5,16-20(17-27)23(29)26(21)13-7-8-14-26)19(3)12-15-24(4)18(2)10-11-22(24)28/h7-9,16,18-19H,6,10-15H2,1-5H3/b21-9+/t18-,19-,24+,25-/m1/s1. The lowest BCUT2D eigenvalue weighted by molar-refractivity contribution is -0.126. The van der Waals surface area contributed by atoms with Crippen LogP contribution in [-0.4, -0.2) is 11.6 Å². The molecule has 3 heteroatoms. The molecule has 29 heavy (non-hydrogen) atoms. The van der Waals surface area contributed by atoms with Gasteiger partial charge in [0.1, 0.15) is 11.9 Å². The first-order valence-corrected chi connectivity index (χ1v) is 11.2. The van der Waals surface area contributed by atoms with Gasteiger partial charge >= 0.3 is 0 Å². The molecule has 0 heterocycles. The maximum Gasteiger partial charge on any atom is 0.183 e. The molecule has 4 atom stereocenters. The van der Waals surface area contributed by atoms with Crippen molar-refractivity contribution in [3.63, 3.8) is 0 Å². The zero-order chi connectivity index (χ0) is 21.4. The summed E-state index contributed by atoms with van der Waals surface area (Å²) in [6.07, 6.45) is 14.1. The molecular weight excluding hydrogens is 358 g/mol. The molecule has 3 aliphatic carbocycles. The zero-order valence-electron chi connectivity index (χ0n) is 18.7. The molecule has 1 spiro atoms. The summed E-state index contributed by atoms with van der Waals surface area (Å²) < 4.78 is 0. The Morgan fingerprint density at radius 1 is 1.28 bits per heavy atom. The number of hydrogen-bond acceptors (Lipinski definition) is 3. The number of rotatable bonds is 5. The van der Waals surface area contributed by atoms with E-state index in [1.165, 1.54) is 5.57 Å². The van der Waals surface area contributed by atoms with E-state index in [4.69, 9.17) is 0 Å². The Labute approximate surface area is 175 Å². The number of nitriles is 1. The van der Waals surface area contributed by atoms with Crippen LogP contribution in [0.15, 0.2) is 35.5 Å². The van der Waals surface area contributed by atoms with E-state index in [1.54, 1.807) is 0 Å². The molecule has 1 fully saturated rings. The van der Waals surface area contributed by atoms with Crippen molar-refractivity contribution >= 4 is 11.6 Å². The number of allylic oxidation sites excluding steroid dienone is 6. The van der Waals surface area contributed by atoms with Gasteiger partial charge in [-0.25, -0.2) is 0 Å². The fourth-order valence-electron chi connectivity index (χ4n) is 5.94. The Balaban J connectivity index is 1.97. The van der Waals surface area contributed by atoms with Crippen molar-refractivity contribution in [2.24, 2.45) is 28.1 Å².